The van der Waals surface area contributed by atoms with E-state index in [-0.39, 0.29) is 23.6 Å². The summed E-state index contributed by atoms with van der Waals surface area (Å²) in [4.78, 5) is 27.2. The van der Waals surface area contributed by atoms with E-state index in [2.05, 4.69) is 5.32 Å². The van der Waals surface area contributed by atoms with Crippen molar-refractivity contribution in [1.29, 1.82) is 0 Å². The lowest BCUT2D eigenvalue weighted by Crippen LogP contribution is -2.49. The van der Waals surface area contributed by atoms with Crippen molar-refractivity contribution in [3.63, 3.8) is 0 Å². The van der Waals surface area contributed by atoms with Crippen LogP contribution in [0.2, 0.25) is 5.02 Å². The number of ether oxygens (including phenoxy) is 1. The third kappa shape index (κ3) is 7.26. The van der Waals surface area contributed by atoms with Gasteiger partial charge in [0, 0.05) is 23.4 Å². The highest BCUT2D eigenvalue weighted by molar-refractivity contribution is 7.99. The Kier molecular flexibility index (Phi) is 9.53. The molecule has 2 rings (SSSR count). The van der Waals surface area contributed by atoms with Gasteiger partial charge < -0.3 is 15.0 Å². The molecule has 0 aromatic heterocycles. The van der Waals surface area contributed by atoms with Crippen LogP contribution in [-0.2, 0) is 21.9 Å². The zero-order valence-electron chi connectivity index (χ0n) is 17.9. The van der Waals surface area contributed by atoms with E-state index in [1.165, 1.54) is 11.8 Å². The van der Waals surface area contributed by atoms with Crippen molar-refractivity contribution in [3.05, 3.63) is 64.7 Å². The number of nitrogens with zero attached hydrogens (tertiary/aromatic N) is 1. The number of amides is 2. The van der Waals surface area contributed by atoms with Crippen LogP contribution in [0, 0.1) is 0 Å². The van der Waals surface area contributed by atoms with Gasteiger partial charge in [-0.15, -0.1) is 11.8 Å². The largest absolute Gasteiger partial charge is 0.497 e. The minimum Gasteiger partial charge on any atom is -0.497 e. The fraction of sp³-hybridized carbons (Fsp3) is 0.391. The second kappa shape index (κ2) is 11.9. The highest BCUT2D eigenvalue weighted by atomic mass is 35.5. The summed E-state index contributed by atoms with van der Waals surface area (Å²) in [6.45, 7) is 5.92. The van der Waals surface area contributed by atoms with Crippen LogP contribution in [-0.4, -0.2) is 41.7 Å². The number of halogens is 1. The van der Waals surface area contributed by atoms with E-state index >= 15 is 0 Å². The summed E-state index contributed by atoms with van der Waals surface area (Å²) in [6, 6.07) is 14.5. The second-order valence-electron chi connectivity index (χ2n) is 7.29. The standard InChI is InChI=1S/C23H29ClN2O3S/c1-16(2)25-23(28)17(3)26(13-18-9-11-20(29-4)12-10-18)22(27)15-30-14-19-7-5-6-8-21(19)24/h5-12,16-17H,13-15H2,1-4H3,(H,25,28). The number of methoxy groups -OCH3 is 1. The van der Waals surface area contributed by atoms with E-state index in [0.29, 0.717) is 17.3 Å². The van der Waals surface area contributed by atoms with Crippen LogP contribution in [0.4, 0.5) is 0 Å². The third-order valence-electron chi connectivity index (χ3n) is 4.55. The zero-order chi connectivity index (χ0) is 22.1. The van der Waals surface area contributed by atoms with Gasteiger partial charge in [-0.3, -0.25) is 9.59 Å². The van der Waals surface area contributed by atoms with E-state index in [4.69, 9.17) is 16.3 Å². The molecule has 1 unspecified atom stereocenters. The molecule has 1 N–H and O–H groups in total. The third-order valence-corrected chi connectivity index (χ3v) is 5.89. The first-order valence-corrected chi connectivity index (χ1v) is 11.4. The Labute approximate surface area is 188 Å². The van der Waals surface area contributed by atoms with Crippen molar-refractivity contribution >= 4 is 35.2 Å². The maximum absolute atomic E-state index is 13.0. The number of rotatable bonds is 10. The minimum absolute atomic E-state index is 0.00693. The number of hydrogen-bond acceptors (Lipinski definition) is 4. The van der Waals surface area contributed by atoms with Gasteiger partial charge in [0.05, 0.1) is 12.9 Å². The normalized spacial score (nSPS) is 11.8. The Morgan fingerprint density at radius 1 is 1.10 bits per heavy atom. The van der Waals surface area contributed by atoms with Gasteiger partial charge in [-0.05, 0) is 50.1 Å². The molecule has 0 aliphatic carbocycles. The minimum atomic E-state index is -0.581. The van der Waals surface area contributed by atoms with Crippen molar-refractivity contribution in [1.82, 2.24) is 10.2 Å². The lowest BCUT2D eigenvalue weighted by molar-refractivity contribution is -0.138. The quantitative estimate of drug-likeness (QED) is 0.580. The fourth-order valence-corrected chi connectivity index (χ4v) is 4.06. The molecule has 0 aliphatic heterocycles. The Hall–Kier alpha value is -2.18. The second-order valence-corrected chi connectivity index (χ2v) is 8.69. The smallest absolute Gasteiger partial charge is 0.242 e. The number of carbonyl (C=O) groups is 2. The average molecular weight is 449 g/mol. The van der Waals surface area contributed by atoms with Crippen LogP contribution < -0.4 is 10.1 Å². The molecule has 5 nitrogen and oxygen atoms in total. The van der Waals surface area contributed by atoms with Gasteiger partial charge in [0.25, 0.3) is 0 Å². The van der Waals surface area contributed by atoms with Crippen LogP contribution in [0.3, 0.4) is 0 Å². The van der Waals surface area contributed by atoms with Crippen LogP contribution in [0.5, 0.6) is 5.75 Å². The first-order valence-electron chi connectivity index (χ1n) is 9.85. The number of thioether (sulfide) groups is 1. The van der Waals surface area contributed by atoms with E-state index < -0.39 is 6.04 Å². The Balaban J connectivity index is 2.08. The number of carbonyl (C=O) groups excluding carboxylic acids is 2. The van der Waals surface area contributed by atoms with Crippen molar-refractivity contribution in [3.8, 4) is 5.75 Å². The summed E-state index contributed by atoms with van der Waals surface area (Å²) in [5.41, 5.74) is 1.92. The van der Waals surface area contributed by atoms with Gasteiger partial charge in [0.2, 0.25) is 11.8 Å². The van der Waals surface area contributed by atoms with Gasteiger partial charge in [-0.25, -0.2) is 0 Å². The molecule has 0 saturated heterocycles. The summed E-state index contributed by atoms with van der Waals surface area (Å²) in [6.07, 6.45) is 0. The van der Waals surface area contributed by atoms with E-state index in [0.717, 1.165) is 16.9 Å². The molecule has 0 saturated carbocycles. The molecule has 1 atom stereocenters. The molecule has 0 fully saturated rings. The molecule has 162 valence electrons. The molecule has 0 bridgehead atoms. The predicted molar refractivity (Wildman–Crippen MR) is 124 cm³/mol. The molecule has 30 heavy (non-hydrogen) atoms. The lowest BCUT2D eigenvalue weighted by Gasteiger charge is -2.29. The van der Waals surface area contributed by atoms with Gasteiger partial charge in [0.15, 0.2) is 0 Å². The van der Waals surface area contributed by atoms with Crippen LogP contribution in [0.25, 0.3) is 0 Å². The van der Waals surface area contributed by atoms with Crippen molar-refractivity contribution in [2.24, 2.45) is 0 Å². The summed E-state index contributed by atoms with van der Waals surface area (Å²) >= 11 is 7.69. The SMILES string of the molecule is COc1ccc(CN(C(=O)CSCc2ccccc2Cl)C(C)C(=O)NC(C)C)cc1. The highest BCUT2D eigenvalue weighted by Crippen LogP contribution is 2.22. The van der Waals surface area contributed by atoms with Gasteiger partial charge in [0.1, 0.15) is 11.8 Å². The first kappa shape index (κ1) is 24.1. The molecule has 0 aliphatic rings. The zero-order valence-corrected chi connectivity index (χ0v) is 19.4. The van der Waals surface area contributed by atoms with Crippen LogP contribution in [0.1, 0.15) is 31.9 Å². The maximum atomic E-state index is 13.0. The Morgan fingerprint density at radius 2 is 1.77 bits per heavy atom. The molecule has 0 heterocycles. The molecule has 2 amide bonds. The van der Waals surface area contributed by atoms with Crippen LogP contribution in [0.15, 0.2) is 48.5 Å². The highest BCUT2D eigenvalue weighted by Gasteiger charge is 2.26. The van der Waals surface area contributed by atoms with Gasteiger partial charge in [-0.2, -0.15) is 0 Å². The van der Waals surface area contributed by atoms with Crippen molar-refractivity contribution in [2.45, 2.75) is 45.2 Å². The molecule has 7 heteroatoms. The number of nitrogens with one attached hydrogen (secondary N) is 1. The average Bonchev–Trinajstić information content (AvgIpc) is 2.72. The number of benzene rings is 2. The van der Waals surface area contributed by atoms with E-state index in [1.54, 1.807) is 18.9 Å². The van der Waals surface area contributed by atoms with Crippen molar-refractivity contribution < 1.29 is 14.3 Å². The molecule has 2 aromatic carbocycles. The van der Waals surface area contributed by atoms with Crippen LogP contribution >= 0.6 is 23.4 Å². The Bertz CT molecular complexity index is 843. The summed E-state index contributed by atoms with van der Waals surface area (Å²) < 4.78 is 5.20. The molecule has 0 spiro atoms. The van der Waals surface area contributed by atoms with Gasteiger partial charge in [-0.1, -0.05) is 41.9 Å². The van der Waals surface area contributed by atoms with E-state index in [1.807, 2.05) is 62.4 Å². The van der Waals surface area contributed by atoms with Crippen molar-refractivity contribution in [2.75, 3.05) is 12.9 Å². The van der Waals surface area contributed by atoms with Gasteiger partial charge >= 0.3 is 0 Å². The fourth-order valence-electron chi connectivity index (χ4n) is 2.86. The maximum Gasteiger partial charge on any atom is 0.242 e. The predicted octanol–water partition coefficient (Wildman–Crippen LogP) is 4.52. The summed E-state index contributed by atoms with van der Waals surface area (Å²) in [7, 11) is 1.61. The molecule has 2 aromatic rings. The number of hydrogen-bond donors (Lipinski definition) is 1. The molecule has 0 radical (unpaired) electrons. The monoisotopic (exact) mass is 448 g/mol. The molecular weight excluding hydrogens is 420 g/mol. The van der Waals surface area contributed by atoms with E-state index in [9.17, 15) is 9.59 Å². The lowest BCUT2D eigenvalue weighted by atomic mass is 10.1. The Morgan fingerprint density at radius 3 is 2.37 bits per heavy atom. The summed E-state index contributed by atoms with van der Waals surface area (Å²) in [5, 5.41) is 3.59. The molecular formula is C23H29ClN2O3S. The summed E-state index contributed by atoms with van der Waals surface area (Å²) in [5.74, 6) is 1.39. The first-order chi connectivity index (χ1) is 14.3. The topological polar surface area (TPSA) is 58.6 Å².